The molecule has 0 spiro atoms. The molecule has 0 saturated carbocycles. The van der Waals surface area contributed by atoms with Crippen LogP contribution in [0.1, 0.15) is 31.4 Å². The first-order valence-electron chi connectivity index (χ1n) is 6.98. The van der Waals surface area contributed by atoms with Crippen molar-refractivity contribution in [2.24, 2.45) is 0 Å². The summed E-state index contributed by atoms with van der Waals surface area (Å²) in [5.41, 5.74) is 8.40. The average Bonchev–Trinajstić information content (AvgIpc) is 2.78. The maximum absolute atomic E-state index is 9.18. The minimum atomic E-state index is 0.361. The smallest absolute Gasteiger partial charge is 0.201 e. The lowest BCUT2D eigenvalue weighted by molar-refractivity contribution is 0.159. The molecule has 5 heteroatoms. The predicted octanol–water partition coefficient (Wildman–Crippen LogP) is 2.15. The maximum atomic E-state index is 9.18. The Labute approximate surface area is 118 Å². The standard InChI is InChI=1S/C15H19N5/c1-10-8-12(6-7-19(10)2)20-13-5-3-4-11(9-16)14(13)18-15(20)17/h3-5,10,12H,6-8H2,1-2H3,(H2,17,18). The molecule has 1 fully saturated rings. The number of nitrogens with two attached hydrogens (primary N) is 1. The van der Waals surface area contributed by atoms with Crippen LogP contribution in [0.5, 0.6) is 0 Å². The van der Waals surface area contributed by atoms with E-state index in [1.165, 1.54) is 0 Å². The molecular weight excluding hydrogens is 250 g/mol. The first kappa shape index (κ1) is 12.9. The predicted molar refractivity (Wildman–Crippen MR) is 79.2 cm³/mol. The number of likely N-dealkylation sites (tertiary alicyclic amines) is 1. The molecule has 20 heavy (non-hydrogen) atoms. The Kier molecular flexibility index (Phi) is 3.11. The lowest BCUT2D eigenvalue weighted by Crippen LogP contribution is -2.38. The van der Waals surface area contributed by atoms with Gasteiger partial charge < -0.3 is 15.2 Å². The van der Waals surface area contributed by atoms with Crippen molar-refractivity contribution in [2.45, 2.75) is 31.8 Å². The number of fused-ring (bicyclic) bond motifs is 1. The molecule has 1 aromatic heterocycles. The van der Waals surface area contributed by atoms with Crippen LogP contribution >= 0.6 is 0 Å². The van der Waals surface area contributed by atoms with E-state index in [0.29, 0.717) is 23.6 Å². The summed E-state index contributed by atoms with van der Waals surface area (Å²) in [4.78, 5) is 6.78. The molecule has 2 atom stereocenters. The molecule has 2 heterocycles. The Morgan fingerprint density at radius 3 is 2.95 bits per heavy atom. The van der Waals surface area contributed by atoms with Gasteiger partial charge in [-0.15, -0.1) is 0 Å². The summed E-state index contributed by atoms with van der Waals surface area (Å²) in [6.45, 7) is 3.30. The third-order valence-electron chi connectivity index (χ3n) is 4.41. The summed E-state index contributed by atoms with van der Waals surface area (Å²) in [5.74, 6) is 0.518. The van der Waals surface area contributed by atoms with Crippen molar-refractivity contribution in [3.8, 4) is 6.07 Å². The highest BCUT2D eigenvalue weighted by Crippen LogP contribution is 2.32. The van der Waals surface area contributed by atoms with Gasteiger partial charge in [0.1, 0.15) is 11.6 Å². The van der Waals surface area contributed by atoms with Crippen LogP contribution in [0, 0.1) is 11.3 Å². The molecule has 2 aromatic rings. The van der Waals surface area contributed by atoms with Gasteiger partial charge in [0.15, 0.2) is 0 Å². The van der Waals surface area contributed by atoms with Gasteiger partial charge in [-0.2, -0.15) is 5.26 Å². The zero-order valence-corrected chi connectivity index (χ0v) is 11.9. The first-order valence-corrected chi connectivity index (χ1v) is 6.98. The molecule has 1 aliphatic heterocycles. The van der Waals surface area contributed by atoms with Crippen LogP contribution in [-0.2, 0) is 0 Å². The Balaban J connectivity index is 2.08. The van der Waals surface area contributed by atoms with Crippen LogP contribution in [-0.4, -0.2) is 34.1 Å². The second-order valence-electron chi connectivity index (χ2n) is 5.63. The van der Waals surface area contributed by atoms with E-state index >= 15 is 0 Å². The molecule has 0 radical (unpaired) electrons. The largest absolute Gasteiger partial charge is 0.369 e. The van der Waals surface area contributed by atoms with Gasteiger partial charge in [0.25, 0.3) is 0 Å². The molecule has 0 amide bonds. The number of piperidine rings is 1. The third-order valence-corrected chi connectivity index (χ3v) is 4.41. The zero-order valence-electron chi connectivity index (χ0n) is 11.9. The van der Waals surface area contributed by atoms with Crippen LogP contribution in [0.3, 0.4) is 0 Å². The van der Waals surface area contributed by atoms with Gasteiger partial charge in [-0.1, -0.05) is 6.07 Å². The van der Waals surface area contributed by atoms with Crippen LogP contribution < -0.4 is 5.73 Å². The van der Waals surface area contributed by atoms with E-state index in [0.717, 1.165) is 30.4 Å². The number of nitrogen functional groups attached to an aromatic ring is 1. The Hall–Kier alpha value is -2.06. The number of aromatic nitrogens is 2. The Morgan fingerprint density at radius 2 is 2.25 bits per heavy atom. The number of para-hydroxylation sites is 1. The van der Waals surface area contributed by atoms with Crippen molar-refractivity contribution in [1.82, 2.24) is 14.5 Å². The second-order valence-corrected chi connectivity index (χ2v) is 5.63. The molecule has 0 bridgehead atoms. The number of rotatable bonds is 1. The zero-order chi connectivity index (χ0) is 14.3. The fraction of sp³-hybridized carbons (Fsp3) is 0.467. The summed E-state index contributed by atoms with van der Waals surface area (Å²) in [6.07, 6.45) is 2.12. The Morgan fingerprint density at radius 1 is 1.45 bits per heavy atom. The van der Waals surface area contributed by atoms with E-state index in [1.807, 2.05) is 12.1 Å². The third kappa shape index (κ3) is 1.93. The van der Waals surface area contributed by atoms with Crippen molar-refractivity contribution in [3.63, 3.8) is 0 Å². The number of benzene rings is 1. The summed E-state index contributed by atoms with van der Waals surface area (Å²) in [5, 5.41) is 9.18. The lowest BCUT2D eigenvalue weighted by Gasteiger charge is -2.36. The fourth-order valence-corrected chi connectivity index (χ4v) is 3.11. The molecular formula is C15H19N5. The summed E-state index contributed by atoms with van der Waals surface area (Å²) in [6, 6.07) is 8.77. The summed E-state index contributed by atoms with van der Waals surface area (Å²) in [7, 11) is 2.16. The highest BCUT2D eigenvalue weighted by Gasteiger charge is 2.26. The lowest BCUT2D eigenvalue weighted by atomic mass is 9.98. The summed E-state index contributed by atoms with van der Waals surface area (Å²) < 4.78 is 2.11. The van der Waals surface area contributed by atoms with Gasteiger partial charge in [-0.25, -0.2) is 4.98 Å². The molecule has 5 nitrogen and oxygen atoms in total. The number of anilines is 1. The molecule has 1 aromatic carbocycles. The fourth-order valence-electron chi connectivity index (χ4n) is 3.11. The van der Waals surface area contributed by atoms with Crippen LogP contribution in [0.25, 0.3) is 11.0 Å². The van der Waals surface area contributed by atoms with Crippen molar-refractivity contribution < 1.29 is 0 Å². The van der Waals surface area contributed by atoms with Gasteiger partial charge >= 0.3 is 0 Å². The van der Waals surface area contributed by atoms with Crippen molar-refractivity contribution in [3.05, 3.63) is 23.8 Å². The van der Waals surface area contributed by atoms with Crippen molar-refractivity contribution in [1.29, 1.82) is 5.26 Å². The van der Waals surface area contributed by atoms with E-state index in [-0.39, 0.29) is 0 Å². The average molecular weight is 269 g/mol. The first-order chi connectivity index (χ1) is 9.61. The SMILES string of the molecule is CC1CC(n2c(N)nc3c(C#N)cccc32)CCN1C. The maximum Gasteiger partial charge on any atom is 0.201 e. The van der Waals surface area contributed by atoms with Crippen molar-refractivity contribution >= 4 is 17.0 Å². The normalized spacial score (nSPS) is 23.9. The minimum Gasteiger partial charge on any atom is -0.369 e. The molecule has 1 saturated heterocycles. The second kappa shape index (κ2) is 4.80. The molecule has 2 N–H and O–H groups in total. The monoisotopic (exact) mass is 269 g/mol. The van der Waals surface area contributed by atoms with E-state index in [1.54, 1.807) is 6.07 Å². The summed E-state index contributed by atoms with van der Waals surface area (Å²) >= 11 is 0. The van der Waals surface area contributed by atoms with Crippen LogP contribution in [0.4, 0.5) is 5.95 Å². The van der Waals surface area contributed by atoms with Crippen LogP contribution in [0.15, 0.2) is 18.2 Å². The van der Waals surface area contributed by atoms with Gasteiger partial charge in [0.2, 0.25) is 5.95 Å². The van der Waals surface area contributed by atoms with Crippen LogP contribution in [0.2, 0.25) is 0 Å². The highest BCUT2D eigenvalue weighted by atomic mass is 15.2. The highest BCUT2D eigenvalue weighted by molar-refractivity contribution is 5.84. The molecule has 1 aliphatic rings. The Bertz CT molecular complexity index is 681. The number of nitriles is 1. The van der Waals surface area contributed by atoms with Gasteiger partial charge in [-0.3, -0.25) is 0 Å². The van der Waals surface area contributed by atoms with Crippen molar-refractivity contribution in [2.75, 3.05) is 19.3 Å². The minimum absolute atomic E-state index is 0.361. The number of imidazole rings is 1. The van der Waals surface area contributed by atoms with Gasteiger partial charge in [-0.05, 0) is 38.9 Å². The number of hydrogen-bond donors (Lipinski definition) is 1. The quantitative estimate of drug-likeness (QED) is 0.861. The number of nitrogens with zero attached hydrogens (tertiary/aromatic N) is 4. The van der Waals surface area contributed by atoms with E-state index in [9.17, 15) is 5.26 Å². The number of hydrogen-bond acceptors (Lipinski definition) is 4. The molecule has 2 unspecified atom stereocenters. The van der Waals surface area contributed by atoms with E-state index < -0.39 is 0 Å². The molecule has 0 aliphatic carbocycles. The van der Waals surface area contributed by atoms with E-state index in [2.05, 4.69) is 34.5 Å². The molecule has 3 rings (SSSR count). The van der Waals surface area contributed by atoms with Gasteiger partial charge in [0.05, 0.1) is 11.1 Å². The van der Waals surface area contributed by atoms with E-state index in [4.69, 9.17) is 5.73 Å². The van der Waals surface area contributed by atoms with Gasteiger partial charge in [0, 0.05) is 18.6 Å². The molecule has 104 valence electrons. The topological polar surface area (TPSA) is 70.9 Å².